The molecule has 0 saturated heterocycles. The first kappa shape index (κ1) is 32.6. The van der Waals surface area contributed by atoms with Crippen molar-refractivity contribution in [2.45, 2.75) is 0 Å². The summed E-state index contributed by atoms with van der Waals surface area (Å²) in [5, 5.41) is 5.14. The molecule has 3 nitrogen and oxygen atoms in total. The molecule has 5 heteroatoms. The van der Waals surface area contributed by atoms with Crippen LogP contribution in [0.5, 0.6) is 0 Å². The van der Waals surface area contributed by atoms with E-state index in [1.807, 2.05) is 46.9 Å². The number of hydrogen-bond donors (Lipinski definition) is 0. The van der Waals surface area contributed by atoms with Crippen LogP contribution in [0.3, 0.4) is 0 Å². The molecule has 0 saturated carbocycles. The van der Waals surface area contributed by atoms with Crippen LogP contribution in [0.1, 0.15) is 0 Å². The van der Waals surface area contributed by atoms with Gasteiger partial charge < -0.3 is 0 Å². The molecule has 0 aliphatic heterocycles. The third-order valence-corrected chi connectivity index (χ3v) is 12.9. The summed E-state index contributed by atoms with van der Waals surface area (Å²) in [6.45, 7) is 0. The van der Waals surface area contributed by atoms with E-state index in [0.717, 1.165) is 27.8 Å². The lowest BCUT2D eigenvalue weighted by molar-refractivity contribution is 1.07. The zero-order chi connectivity index (χ0) is 37.0. The number of rotatable bonds is 6. The zero-order valence-electron chi connectivity index (χ0n) is 30.1. The molecular formula is C51H31N3S2. The molecule has 3 heterocycles. The Labute approximate surface area is 331 Å². The second-order valence-corrected chi connectivity index (χ2v) is 16.1. The quantitative estimate of drug-likeness (QED) is 0.170. The first-order valence-corrected chi connectivity index (χ1v) is 20.3. The summed E-state index contributed by atoms with van der Waals surface area (Å²) in [6.07, 6.45) is 0. The van der Waals surface area contributed by atoms with Crippen LogP contribution in [0.15, 0.2) is 188 Å². The number of benzene rings is 8. The van der Waals surface area contributed by atoms with Gasteiger partial charge in [-0.1, -0.05) is 164 Å². The Balaban J connectivity index is 1.07. The van der Waals surface area contributed by atoms with E-state index >= 15 is 0 Å². The van der Waals surface area contributed by atoms with E-state index in [1.54, 1.807) is 0 Å². The Hall–Kier alpha value is -6.79. The lowest BCUT2D eigenvalue weighted by atomic mass is 9.93. The standard InChI is InChI=1S/C51H31N3S2/c1-4-14-32(15-5-1)35-20-12-21-36(30-35)50-52-49(34-18-8-3-9-19-34)53-51(54-50)37-26-27-42-45(31-37)55-44-25-13-23-39(46(42)44)40-29-28-38(33-16-6-2-7-17-33)47-41-22-10-11-24-43(41)56-48(40)47/h1-31H. The highest BCUT2D eigenvalue weighted by molar-refractivity contribution is 7.27. The van der Waals surface area contributed by atoms with Gasteiger partial charge in [0.1, 0.15) is 0 Å². The topological polar surface area (TPSA) is 38.7 Å². The predicted octanol–water partition coefficient (Wildman–Crippen LogP) is 14.6. The van der Waals surface area contributed by atoms with Crippen molar-refractivity contribution in [1.29, 1.82) is 0 Å². The van der Waals surface area contributed by atoms with Gasteiger partial charge in [-0.05, 0) is 52.1 Å². The van der Waals surface area contributed by atoms with E-state index in [0.29, 0.717) is 17.5 Å². The third-order valence-electron chi connectivity index (χ3n) is 10.6. The van der Waals surface area contributed by atoms with Crippen LogP contribution in [0.2, 0.25) is 0 Å². The van der Waals surface area contributed by atoms with Crippen LogP contribution in [-0.2, 0) is 0 Å². The second kappa shape index (κ2) is 13.5. The average Bonchev–Trinajstić information content (AvgIpc) is 3.86. The Morgan fingerprint density at radius 3 is 1.61 bits per heavy atom. The van der Waals surface area contributed by atoms with Crippen molar-refractivity contribution in [2.75, 3.05) is 0 Å². The van der Waals surface area contributed by atoms with E-state index in [9.17, 15) is 0 Å². The summed E-state index contributed by atoms with van der Waals surface area (Å²) < 4.78 is 5.08. The number of nitrogens with zero attached hydrogens (tertiary/aromatic N) is 3. The maximum absolute atomic E-state index is 5.13. The van der Waals surface area contributed by atoms with E-state index in [2.05, 4.69) is 164 Å². The Morgan fingerprint density at radius 2 is 0.839 bits per heavy atom. The van der Waals surface area contributed by atoms with Gasteiger partial charge in [0, 0.05) is 62.6 Å². The zero-order valence-corrected chi connectivity index (χ0v) is 31.7. The molecule has 11 rings (SSSR count). The van der Waals surface area contributed by atoms with Gasteiger partial charge in [-0.25, -0.2) is 15.0 Å². The fourth-order valence-electron chi connectivity index (χ4n) is 7.91. The monoisotopic (exact) mass is 749 g/mol. The van der Waals surface area contributed by atoms with Crippen molar-refractivity contribution >= 4 is 63.0 Å². The molecule has 0 aliphatic rings. The first-order chi connectivity index (χ1) is 27.7. The molecule has 0 aliphatic carbocycles. The Kier molecular flexibility index (Phi) is 7.87. The van der Waals surface area contributed by atoms with Crippen molar-refractivity contribution in [1.82, 2.24) is 15.0 Å². The summed E-state index contributed by atoms with van der Waals surface area (Å²) in [6, 6.07) is 66.7. The fourth-order valence-corrected chi connectivity index (χ4v) is 10.3. The number of aromatic nitrogens is 3. The highest BCUT2D eigenvalue weighted by atomic mass is 32.1. The fraction of sp³-hybridized carbons (Fsp3) is 0. The smallest absolute Gasteiger partial charge is 0.164 e. The number of thiophene rings is 2. The van der Waals surface area contributed by atoms with Gasteiger partial charge in [0.25, 0.3) is 0 Å². The van der Waals surface area contributed by atoms with Gasteiger partial charge in [0.05, 0.1) is 0 Å². The van der Waals surface area contributed by atoms with E-state index in [-0.39, 0.29) is 0 Å². The molecule has 8 aromatic carbocycles. The summed E-state index contributed by atoms with van der Waals surface area (Å²) in [7, 11) is 0. The van der Waals surface area contributed by atoms with E-state index in [1.165, 1.54) is 62.6 Å². The highest BCUT2D eigenvalue weighted by Gasteiger charge is 2.20. The molecule has 0 fully saturated rings. The van der Waals surface area contributed by atoms with Gasteiger partial charge in [0.15, 0.2) is 17.5 Å². The minimum Gasteiger partial charge on any atom is -0.208 e. The van der Waals surface area contributed by atoms with Crippen molar-refractivity contribution in [3.63, 3.8) is 0 Å². The summed E-state index contributed by atoms with van der Waals surface area (Å²) in [5.41, 5.74) is 10.2. The van der Waals surface area contributed by atoms with Gasteiger partial charge in [0.2, 0.25) is 0 Å². The number of fused-ring (bicyclic) bond motifs is 6. The van der Waals surface area contributed by atoms with Gasteiger partial charge >= 0.3 is 0 Å². The molecular weight excluding hydrogens is 719 g/mol. The molecule has 0 N–H and O–H groups in total. The molecule has 56 heavy (non-hydrogen) atoms. The maximum atomic E-state index is 5.13. The SMILES string of the molecule is c1ccc(-c2cccc(-c3nc(-c4ccccc4)nc(-c4ccc5c(c4)sc4cccc(-c6ccc(-c7ccccc7)c7c6sc6ccccc67)c45)n3)c2)cc1. The highest BCUT2D eigenvalue weighted by Crippen LogP contribution is 2.48. The van der Waals surface area contributed by atoms with Crippen molar-refractivity contribution < 1.29 is 0 Å². The van der Waals surface area contributed by atoms with Crippen LogP contribution in [0.4, 0.5) is 0 Å². The van der Waals surface area contributed by atoms with Crippen LogP contribution >= 0.6 is 22.7 Å². The second-order valence-electron chi connectivity index (χ2n) is 13.9. The molecule has 0 radical (unpaired) electrons. The normalized spacial score (nSPS) is 11.6. The molecule has 0 unspecified atom stereocenters. The van der Waals surface area contributed by atoms with Crippen LogP contribution in [0.25, 0.3) is 108 Å². The van der Waals surface area contributed by atoms with E-state index in [4.69, 9.17) is 15.0 Å². The minimum atomic E-state index is 0.650. The summed E-state index contributed by atoms with van der Waals surface area (Å²) in [4.78, 5) is 15.2. The molecule has 0 atom stereocenters. The minimum absolute atomic E-state index is 0.650. The summed E-state index contributed by atoms with van der Waals surface area (Å²) in [5.74, 6) is 1.96. The predicted molar refractivity (Wildman–Crippen MR) is 238 cm³/mol. The van der Waals surface area contributed by atoms with E-state index < -0.39 is 0 Å². The van der Waals surface area contributed by atoms with Crippen LogP contribution < -0.4 is 0 Å². The maximum Gasteiger partial charge on any atom is 0.164 e. The van der Waals surface area contributed by atoms with Crippen molar-refractivity contribution in [3.05, 3.63) is 188 Å². The molecule has 0 spiro atoms. The first-order valence-electron chi connectivity index (χ1n) is 18.7. The largest absolute Gasteiger partial charge is 0.208 e. The van der Waals surface area contributed by atoms with Crippen LogP contribution in [0, 0.1) is 0 Å². The molecule has 3 aromatic heterocycles. The van der Waals surface area contributed by atoms with Crippen molar-refractivity contribution in [2.24, 2.45) is 0 Å². The van der Waals surface area contributed by atoms with Crippen molar-refractivity contribution in [3.8, 4) is 67.5 Å². The number of hydrogen-bond acceptors (Lipinski definition) is 5. The molecule has 11 aromatic rings. The third kappa shape index (κ3) is 5.60. The molecule has 0 bridgehead atoms. The van der Waals surface area contributed by atoms with Crippen LogP contribution in [-0.4, -0.2) is 15.0 Å². The van der Waals surface area contributed by atoms with Gasteiger partial charge in [-0.2, -0.15) is 0 Å². The lowest BCUT2D eigenvalue weighted by Crippen LogP contribution is -2.00. The van der Waals surface area contributed by atoms with Gasteiger partial charge in [-0.3, -0.25) is 0 Å². The Morgan fingerprint density at radius 1 is 0.286 bits per heavy atom. The average molecular weight is 750 g/mol. The molecule has 0 amide bonds. The summed E-state index contributed by atoms with van der Waals surface area (Å²) >= 11 is 3.71. The molecule has 262 valence electrons. The Bertz CT molecular complexity index is 3240. The lowest BCUT2D eigenvalue weighted by Gasteiger charge is -2.11. The van der Waals surface area contributed by atoms with Gasteiger partial charge in [-0.15, -0.1) is 22.7 Å².